The van der Waals surface area contributed by atoms with Gasteiger partial charge in [0.25, 0.3) is 0 Å². The highest BCUT2D eigenvalue weighted by Gasteiger charge is 2.23. The first-order valence-electron chi connectivity index (χ1n) is 5.87. The Labute approximate surface area is 104 Å². The molecule has 3 nitrogen and oxygen atoms in total. The number of aryl methyl sites for hydroxylation is 3. The molecule has 0 spiro atoms. The lowest BCUT2D eigenvalue weighted by molar-refractivity contribution is -0.130. The average molecular weight is 234 g/mol. The summed E-state index contributed by atoms with van der Waals surface area (Å²) in [7, 11) is 3.54. The van der Waals surface area contributed by atoms with Crippen molar-refractivity contribution in [1.82, 2.24) is 4.90 Å². The number of benzene rings is 1. The van der Waals surface area contributed by atoms with Gasteiger partial charge in [0.1, 0.15) is 0 Å². The average Bonchev–Trinajstić information content (AvgIpc) is 2.21. The van der Waals surface area contributed by atoms with E-state index in [1.54, 1.807) is 19.0 Å². The van der Waals surface area contributed by atoms with Gasteiger partial charge in [-0.15, -0.1) is 0 Å². The van der Waals surface area contributed by atoms with Crippen molar-refractivity contribution in [2.24, 2.45) is 5.73 Å². The quantitative estimate of drug-likeness (QED) is 0.866. The normalized spacial score (nSPS) is 12.4. The molecule has 0 fully saturated rings. The maximum absolute atomic E-state index is 12.1. The molecule has 0 saturated carbocycles. The van der Waals surface area contributed by atoms with Crippen LogP contribution in [0.15, 0.2) is 12.1 Å². The molecule has 1 amide bonds. The molecule has 1 atom stereocenters. The van der Waals surface area contributed by atoms with Gasteiger partial charge in [0.05, 0.1) is 5.92 Å². The third-order valence-electron chi connectivity index (χ3n) is 3.06. The predicted octanol–water partition coefficient (Wildman–Crippen LogP) is 1.74. The molecule has 2 N–H and O–H groups in total. The molecule has 1 rings (SSSR count). The highest BCUT2D eigenvalue weighted by molar-refractivity contribution is 5.84. The van der Waals surface area contributed by atoms with Crippen LogP contribution < -0.4 is 5.73 Å². The molecular weight excluding hydrogens is 212 g/mol. The minimum atomic E-state index is -0.231. The van der Waals surface area contributed by atoms with Crippen LogP contribution in [-0.4, -0.2) is 31.4 Å². The third kappa shape index (κ3) is 2.86. The van der Waals surface area contributed by atoms with Crippen LogP contribution in [0.2, 0.25) is 0 Å². The minimum absolute atomic E-state index is 0.0718. The number of likely N-dealkylation sites (N-methyl/N-ethyl adjacent to an activating group) is 1. The topological polar surface area (TPSA) is 46.3 Å². The zero-order chi connectivity index (χ0) is 13.2. The van der Waals surface area contributed by atoms with Crippen molar-refractivity contribution in [2.75, 3.05) is 20.6 Å². The number of hydrogen-bond donors (Lipinski definition) is 1. The molecule has 1 aromatic carbocycles. The minimum Gasteiger partial charge on any atom is -0.348 e. The number of nitrogens with zero attached hydrogens (tertiary/aromatic N) is 1. The number of hydrogen-bond acceptors (Lipinski definition) is 2. The van der Waals surface area contributed by atoms with Gasteiger partial charge in [-0.2, -0.15) is 0 Å². The summed E-state index contributed by atoms with van der Waals surface area (Å²) in [5, 5.41) is 0. The molecule has 17 heavy (non-hydrogen) atoms. The number of rotatable bonds is 3. The third-order valence-corrected chi connectivity index (χ3v) is 3.06. The molecule has 0 aromatic heterocycles. The molecule has 3 heteroatoms. The van der Waals surface area contributed by atoms with Crippen LogP contribution in [0.1, 0.15) is 28.2 Å². The Bertz CT molecular complexity index is 401. The van der Waals surface area contributed by atoms with Crippen LogP contribution in [0.3, 0.4) is 0 Å². The summed E-state index contributed by atoms with van der Waals surface area (Å²) in [5.74, 6) is -0.159. The smallest absolute Gasteiger partial charge is 0.230 e. The molecule has 0 radical (unpaired) electrons. The summed E-state index contributed by atoms with van der Waals surface area (Å²) in [6, 6.07) is 4.21. The maximum Gasteiger partial charge on any atom is 0.230 e. The Morgan fingerprint density at radius 1 is 1.24 bits per heavy atom. The van der Waals surface area contributed by atoms with Gasteiger partial charge in [0, 0.05) is 20.6 Å². The monoisotopic (exact) mass is 234 g/mol. The zero-order valence-electron chi connectivity index (χ0n) is 11.4. The Hall–Kier alpha value is -1.35. The van der Waals surface area contributed by atoms with E-state index in [0.29, 0.717) is 6.54 Å². The van der Waals surface area contributed by atoms with Gasteiger partial charge < -0.3 is 10.6 Å². The summed E-state index contributed by atoms with van der Waals surface area (Å²) in [6.07, 6.45) is 0. The largest absolute Gasteiger partial charge is 0.348 e. The van der Waals surface area contributed by atoms with Crippen molar-refractivity contribution in [3.8, 4) is 0 Å². The van der Waals surface area contributed by atoms with Crippen LogP contribution >= 0.6 is 0 Å². The molecule has 1 unspecified atom stereocenters. The van der Waals surface area contributed by atoms with Gasteiger partial charge >= 0.3 is 0 Å². The second-order valence-corrected chi connectivity index (χ2v) is 4.83. The summed E-state index contributed by atoms with van der Waals surface area (Å²) in [5.41, 5.74) is 10.4. The Kier molecular flexibility index (Phi) is 4.29. The number of carbonyl (C=O) groups is 1. The Morgan fingerprint density at radius 2 is 1.71 bits per heavy atom. The number of nitrogens with two attached hydrogens (primary N) is 1. The standard InChI is InChI=1S/C14H22N2O/c1-9-6-10(2)13(11(3)7-9)12(8-15)14(17)16(4)5/h6-7,12H,8,15H2,1-5H3. The van der Waals surface area contributed by atoms with Crippen LogP contribution in [0.4, 0.5) is 0 Å². The molecular formula is C14H22N2O. The fourth-order valence-corrected chi connectivity index (χ4v) is 2.39. The summed E-state index contributed by atoms with van der Waals surface area (Å²) in [4.78, 5) is 13.7. The SMILES string of the molecule is Cc1cc(C)c(C(CN)C(=O)N(C)C)c(C)c1. The van der Waals surface area contributed by atoms with Crippen molar-refractivity contribution in [2.45, 2.75) is 26.7 Å². The highest BCUT2D eigenvalue weighted by atomic mass is 16.2. The van der Waals surface area contributed by atoms with E-state index >= 15 is 0 Å². The van der Waals surface area contributed by atoms with Gasteiger partial charge in [-0.05, 0) is 37.5 Å². The van der Waals surface area contributed by atoms with Crippen LogP contribution in [0, 0.1) is 20.8 Å². The van der Waals surface area contributed by atoms with Crippen molar-refractivity contribution >= 4 is 5.91 Å². The van der Waals surface area contributed by atoms with Crippen molar-refractivity contribution in [3.05, 3.63) is 34.4 Å². The van der Waals surface area contributed by atoms with E-state index in [9.17, 15) is 4.79 Å². The Balaban J connectivity index is 3.26. The lowest BCUT2D eigenvalue weighted by Gasteiger charge is -2.23. The summed E-state index contributed by atoms with van der Waals surface area (Å²) >= 11 is 0. The molecule has 0 aliphatic rings. The molecule has 1 aromatic rings. The van der Waals surface area contributed by atoms with Gasteiger partial charge in [-0.1, -0.05) is 17.7 Å². The van der Waals surface area contributed by atoms with Gasteiger partial charge in [0.15, 0.2) is 0 Å². The maximum atomic E-state index is 12.1. The second kappa shape index (κ2) is 5.32. The molecule has 0 heterocycles. The lowest BCUT2D eigenvalue weighted by atomic mass is 9.88. The van der Waals surface area contributed by atoms with E-state index in [0.717, 1.165) is 16.7 Å². The first kappa shape index (κ1) is 13.7. The fraction of sp³-hybridized carbons (Fsp3) is 0.500. The molecule has 0 saturated heterocycles. The first-order valence-corrected chi connectivity index (χ1v) is 5.87. The second-order valence-electron chi connectivity index (χ2n) is 4.83. The van der Waals surface area contributed by atoms with Crippen molar-refractivity contribution in [3.63, 3.8) is 0 Å². The lowest BCUT2D eigenvalue weighted by Crippen LogP contribution is -2.33. The van der Waals surface area contributed by atoms with Crippen molar-refractivity contribution in [1.29, 1.82) is 0 Å². The highest BCUT2D eigenvalue weighted by Crippen LogP contribution is 2.25. The number of amides is 1. The molecule has 94 valence electrons. The number of carbonyl (C=O) groups excluding carboxylic acids is 1. The van der Waals surface area contributed by atoms with E-state index in [2.05, 4.69) is 19.1 Å². The van der Waals surface area contributed by atoms with Gasteiger partial charge in [-0.25, -0.2) is 0 Å². The predicted molar refractivity (Wildman–Crippen MR) is 71.1 cm³/mol. The van der Waals surface area contributed by atoms with Crippen LogP contribution in [0.25, 0.3) is 0 Å². The summed E-state index contributed by atoms with van der Waals surface area (Å²) < 4.78 is 0. The van der Waals surface area contributed by atoms with Crippen LogP contribution in [-0.2, 0) is 4.79 Å². The molecule has 0 bridgehead atoms. The van der Waals surface area contributed by atoms with E-state index in [1.165, 1.54) is 5.56 Å². The van der Waals surface area contributed by atoms with E-state index in [4.69, 9.17) is 5.73 Å². The molecule has 0 aliphatic heterocycles. The van der Waals surface area contributed by atoms with E-state index in [1.807, 2.05) is 13.8 Å². The zero-order valence-corrected chi connectivity index (χ0v) is 11.4. The van der Waals surface area contributed by atoms with Gasteiger partial charge in [0.2, 0.25) is 5.91 Å². The van der Waals surface area contributed by atoms with E-state index < -0.39 is 0 Å². The van der Waals surface area contributed by atoms with E-state index in [-0.39, 0.29) is 11.8 Å². The van der Waals surface area contributed by atoms with Crippen LogP contribution in [0.5, 0.6) is 0 Å². The Morgan fingerprint density at radius 3 is 2.06 bits per heavy atom. The van der Waals surface area contributed by atoms with Crippen molar-refractivity contribution < 1.29 is 4.79 Å². The fourth-order valence-electron chi connectivity index (χ4n) is 2.39. The molecule has 0 aliphatic carbocycles. The van der Waals surface area contributed by atoms with Gasteiger partial charge in [-0.3, -0.25) is 4.79 Å². The first-order chi connectivity index (χ1) is 7.88. The summed E-state index contributed by atoms with van der Waals surface area (Å²) in [6.45, 7) is 6.50.